The van der Waals surface area contributed by atoms with Crippen molar-refractivity contribution in [3.63, 3.8) is 0 Å². The van der Waals surface area contributed by atoms with Crippen LogP contribution in [0.4, 0.5) is 0 Å². The lowest BCUT2D eigenvalue weighted by Gasteiger charge is -2.23. The molecule has 1 unspecified atom stereocenters. The Morgan fingerprint density at radius 3 is 2.33 bits per heavy atom. The Morgan fingerprint density at radius 2 is 1.72 bits per heavy atom. The lowest BCUT2D eigenvalue weighted by molar-refractivity contribution is -0.158. The van der Waals surface area contributed by atoms with E-state index in [0.29, 0.717) is 21.9 Å². The first-order valence-electron chi connectivity index (χ1n) is 11.0. The maximum absolute atomic E-state index is 13.0. The summed E-state index contributed by atoms with van der Waals surface area (Å²) in [4.78, 5) is 23.6. The monoisotopic (exact) mass is 506 g/mol. The van der Waals surface area contributed by atoms with Crippen molar-refractivity contribution in [2.24, 2.45) is 0 Å². The molecule has 186 valence electrons. The zero-order valence-electron chi connectivity index (χ0n) is 19.6. The third kappa shape index (κ3) is 7.18. The molecule has 0 radical (unpaired) electrons. The number of hydrogen-bond donors (Lipinski definition) is 2. The highest BCUT2D eigenvalue weighted by atomic mass is 32.2. The molecular formula is C27H26N2O6S. The summed E-state index contributed by atoms with van der Waals surface area (Å²) in [5.74, 6) is 5.17. The third-order valence-electron chi connectivity index (χ3n) is 5.33. The highest BCUT2D eigenvalue weighted by molar-refractivity contribution is 7.91. The molecule has 8 nitrogen and oxygen atoms in total. The lowest BCUT2D eigenvalue weighted by Crippen LogP contribution is -2.30. The van der Waals surface area contributed by atoms with E-state index in [9.17, 15) is 23.2 Å². The Balaban J connectivity index is 1.70. The Bertz CT molecular complexity index is 1330. The van der Waals surface area contributed by atoms with E-state index < -0.39 is 21.6 Å². The van der Waals surface area contributed by atoms with Gasteiger partial charge in [-0.1, -0.05) is 48.4 Å². The fraction of sp³-hybridized carbons (Fsp3) is 0.185. The summed E-state index contributed by atoms with van der Waals surface area (Å²) in [6.07, 6.45) is 0.167. The molecule has 0 aliphatic rings. The van der Waals surface area contributed by atoms with Crippen molar-refractivity contribution in [2.45, 2.75) is 24.4 Å². The molecule has 3 aromatic carbocycles. The van der Waals surface area contributed by atoms with Crippen LogP contribution >= 0.6 is 0 Å². The predicted octanol–water partition coefficient (Wildman–Crippen LogP) is 3.38. The quantitative estimate of drug-likeness (QED) is 0.178. The summed E-state index contributed by atoms with van der Waals surface area (Å²) >= 11 is 0. The largest absolute Gasteiger partial charge is 0.481 e. The van der Waals surface area contributed by atoms with Crippen LogP contribution in [0.2, 0.25) is 0 Å². The molecular weight excluding hydrogens is 480 g/mol. The number of sulfone groups is 1. The van der Waals surface area contributed by atoms with E-state index in [1.54, 1.807) is 55.5 Å². The van der Waals surface area contributed by atoms with E-state index in [2.05, 4.69) is 17.2 Å². The predicted molar refractivity (Wildman–Crippen MR) is 134 cm³/mol. The molecule has 0 saturated heterocycles. The Kier molecular flexibility index (Phi) is 9.22. The zero-order valence-corrected chi connectivity index (χ0v) is 20.4. The molecule has 0 heterocycles. The van der Waals surface area contributed by atoms with Gasteiger partial charge >= 0.3 is 0 Å². The van der Waals surface area contributed by atoms with Gasteiger partial charge in [-0.25, -0.2) is 13.5 Å². The van der Waals surface area contributed by atoms with E-state index in [1.807, 2.05) is 6.07 Å². The van der Waals surface area contributed by atoms with Crippen molar-refractivity contribution < 1.29 is 28.0 Å². The van der Waals surface area contributed by atoms with Crippen molar-refractivity contribution in [3.05, 3.63) is 95.6 Å². The molecule has 0 bridgehead atoms. The number of benzene rings is 3. The van der Waals surface area contributed by atoms with Gasteiger partial charge in [0.25, 0.3) is 5.91 Å². The molecule has 3 rings (SSSR count). The zero-order chi connectivity index (χ0) is 26.0. The van der Waals surface area contributed by atoms with Gasteiger partial charge in [0.2, 0.25) is 6.41 Å². The van der Waals surface area contributed by atoms with Crippen molar-refractivity contribution in [2.75, 3.05) is 12.4 Å². The maximum atomic E-state index is 13.0. The summed E-state index contributed by atoms with van der Waals surface area (Å²) < 4.78 is 31.4. The van der Waals surface area contributed by atoms with Crippen molar-refractivity contribution in [1.29, 1.82) is 0 Å². The van der Waals surface area contributed by atoms with Crippen molar-refractivity contribution >= 4 is 22.2 Å². The SMILES string of the molecule is CC#CCOc1ccc(S(=O)(=O)CC(c2ccc(CNC(=O)c3ccccc3)cc2)N(O)C=O)cc1. The van der Waals surface area contributed by atoms with E-state index in [1.165, 1.54) is 24.3 Å². The third-order valence-corrected chi connectivity index (χ3v) is 7.07. The minimum absolute atomic E-state index is 0.0287. The molecule has 0 fully saturated rings. The Hall–Kier alpha value is -4.13. The first-order chi connectivity index (χ1) is 17.3. The second-order valence-electron chi connectivity index (χ2n) is 7.76. The molecule has 0 aliphatic heterocycles. The smallest absolute Gasteiger partial charge is 0.251 e. The molecule has 9 heteroatoms. The topological polar surface area (TPSA) is 113 Å². The van der Waals surface area contributed by atoms with Crippen molar-refractivity contribution in [1.82, 2.24) is 10.4 Å². The van der Waals surface area contributed by atoms with Gasteiger partial charge in [-0.15, -0.1) is 5.92 Å². The lowest BCUT2D eigenvalue weighted by atomic mass is 10.1. The van der Waals surface area contributed by atoms with Crippen LogP contribution in [0, 0.1) is 11.8 Å². The summed E-state index contributed by atoms with van der Waals surface area (Å²) in [7, 11) is -3.87. The maximum Gasteiger partial charge on any atom is 0.251 e. The number of carbonyl (C=O) groups is 2. The van der Waals surface area contributed by atoms with Gasteiger partial charge in [-0.3, -0.25) is 14.8 Å². The number of carbonyl (C=O) groups excluding carboxylic acids is 2. The Morgan fingerprint density at radius 1 is 1.06 bits per heavy atom. The standard InChI is InChI=1S/C27H26N2O6S/c1-2-3-17-35-24-13-15-25(16-14-24)36(33,34)19-26(29(32)20-30)22-11-9-21(10-12-22)18-28-27(31)23-7-5-4-6-8-23/h4-16,20,26,32H,17-19H2,1H3,(H,28,31). The number of rotatable bonds is 11. The van der Waals surface area contributed by atoms with E-state index >= 15 is 0 Å². The highest BCUT2D eigenvalue weighted by Gasteiger charge is 2.27. The van der Waals surface area contributed by atoms with Crippen LogP contribution in [-0.2, 0) is 21.2 Å². The summed E-state index contributed by atoms with van der Waals surface area (Å²) in [5, 5.41) is 13.3. The number of hydroxylamine groups is 2. The fourth-order valence-corrected chi connectivity index (χ4v) is 4.87. The molecule has 2 amide bonds. The van der Waals surface area contributed by atoms with Crippen LogP contribution in [0.3, 0.4) is 0 Å². The van der Waals surface area contributed by atoms with Gasteiger partial charge < -0.3 is 10.1 Å². The van der Waals surface area contributed by atoms with Crippen LogP contribution < -0.4 is 10.1 Å². The molecule has 3 aromatic rings. The molecule has 0 spiro atoms. The second kappa shape index (κ2) is 12.5. The van der Waals surface area contributed by atoms with E-state index in [0.717, 1.165) is 5.56 Å². The summed E-state index contributed by atoms with van der Waals surface area (Å²) in [6, 6.07) is 20.1. The van der Waals surface area contributed by atoms with Gasteiger partial charge in [-0.05, 0) is 54.4 Å². The second-order valence-corrected chi connectivity index (χ2v) is 9.79. The van der Waals surface area contributed by atoms with Crippen LogP contribution in [0.15, 0.2) is 83.8 Å². The molecule has 2 N–H and O–H groups in total. The molecule has 0 saturated carbocycles. The summed E-state index contributed by atoms with van der Waals surface area (Å²) in [5.41, 5.74) is 1.73. The minimum atomic E-state index is -3.87. The van der Waals surface area contributed by atoms with Gasteiger partial charge in [0, 0.05) is 12.1 Å². The van der Waals surface area contributed by atoms with Crippen LogP contribution in [0.5, 0.6) is 5.75 Å². The number of nitrogens with one attached hydrogen (secondary N) is 1. The normalized spacial score (nSPS) is 11.5. The molecule has 0 aromatic heterocycles. The number of amides is 2. The first kappa shape index (κ1) is 26.5. The average molecular weight is 507 g/mol. The van der Waals surface area contributed by atoms with Crippen LogP contribution in [-0.4, -0.2) is 43.4 Å². The molecule has 1 atom stereocenters. The summed E-state index contributed by atoms with van der Waals surface area (Å²) in [6.45, 7) is 2.14. The van der Waals surface area contributed by atoms with E-state index in [4.69, 9.17) is 4.74 Å². The number of nitrogens with zero attached hydrogens (tertiary/aromatic N) is 1. The minimum Gasteiger partial charge on any atom is -0.481 e. The van der Waals surface area contributed by atoms with Crippen LogP contribution in [0.1, 0.15) is 34.5 Å². The fourth-order valence-electron chi connectivity index (χ4n) is 3.37. The molecule has 36 heavy (non-hydrogen) atoms. The number of ether oxygens (including phenoxy) is 1. The van der Waals surface area contributed by atoms with Crippen LogP contribution in [0.25, 0.3) is 0 Å². The van der Waals surface area contributed by atoms with Gasteiger partial charge in [-0.2, -0.15) is 0 Å². The van der Waals surface area contributed by atoms with Crippen molar-refractivity contribution in [3.8, 4) is 17.6 Å². The van der Waals surface area contributed by atoms with Gasteiger partial charge in [0.15, 0.2) is 9.84 Å². The average Bonchev–Trinajstić information content (AvgIpc) is 2.91. The van der Waals surface area contributed by atoms with Gasteiger partial charge in [0.1, 0.15) is 12.4 Å². The Labute approximate surface area is 210 Å². The molecule has 0 aliphatic carbocycles. The van der Waals surface area contributed by atoms with E-state index in [-0.39, 0.29) is 30.4 Å². The highest BCUT2D eigenvalue weighted by Crippen LogP contribution is 2.25. The van der Waals surface area contributed by atoms with Gasteiger partial charge in [0.05, 0.1) is 16.7 Å². The number of hydrogen-bond acceptors (Lipinski definition) is 6. The first-order valence-corrected chi connectivity index (χ1v) is 12.7.